The van der Waals surface area contributed by atoms with Crippen LogP contribution in [0.4, 0.5) is 0 Å². The smallest absolute Gasteiger partial charge is 0.252 e. The van der Waals surface area contributed by atoms with E-state index in [9.17, 15) is 14.7 Å². The molecule has 0 aliphatic heterocycles. The summed E-state index contributed by atoms with van der Waals surface area (Å²) < 4.78 is 15.5. The molecule has 1 N–H and O–H groups in total. The highest BCUT2D eigenvalue weighted by atomic mass is 16.5. The summed E-state index contributed by atoms with van der Waals surface area (Å²) >= 11 is 0. The first-order valence-corrected chi connectivity index (χ1v) is 6.67. The van der Waals surface area contributed by atoms with Crippen LogP contribution < -0.4 is 24.6 Å². The van der Waals surface area contributed by atoms with E-state index in [2.05, 4.69) is 5.32 Å². The Kier molecular flexibility index (Phi) is 6.03. The van der Waals surface area contributed by atoms with Crippen molar-refractivity contribution in [2.45, 2.75) is 19.9 Å². The van der Waals surface area contributed by atoms with E-state index in [0.29, 0.717) is 17.2 Å². The van der Waals surface area contributed by atoms with Crippen molar-refractivity contribution in [3.63, 3.8) is 0 Å². The molecule has 0 fully saturated rings. The zero-order valence-corrected chi connectivity index (χ0v) is 13.3. The normalized spacial score (nSPS) is 11.7. The molecule has 0 radical (unpaired) electrons. The molecule has 0 aliphatic carbocycles. The maximum absolute atomic E-state index is 12.2. The fraction of sp³-hybridized carbons (Fsp3) is 0.467. The second-order valence-corrected chi connectivity index (χ2v) is 4.93. The van der Waals surface area contributed by atoms with Gasteiger partial charge in [0, 0.05) is 5.56 Å². The Balaban J connectivity index is 3.15. The lowest BCUT2D eigenvalue weighted by atomic mass is 10.0. The molecule has 1 aromatic carbocycles. The number of hydrogen-bond donors (Lipinski definition) is 1. The van der Waals surface area contributed by atoms with Crippen LogP contribution in [0.2, 0.25) is 0 Å². The first-order chi connectivity index (χ1) is 10.3. The van der Waals surface area contributed by atoms with Crippen LogP contribution in [-0.4, -0.2) is 39.2 Å². The third-order valence-corrected chi connectivity index (χ3v) is 3.13. The molecule has 0 aromatic heterocycles. The van der Waals surface area contributed by atoms with Crippen LogP contribution in [0.1, 0.15) is 24.2 Å². The fourth-order valence-corrected chi connectivity index (χ4v) is 1.93. The maximum Gasteiger partial charge on any atom is 0.252 e. The molecule has 1 atom stereocenters. The number of aliphatic carboxylic acids is 1. The van der Waals surface area contributed by atoms with E-state index in [-0.39, 0.29) is 11.5 Å². The highest BCUT2D eigenvalue weighted by Crippen LogP contribution is 2.38. The first-order valence-electron chi connectivity index (χ1n) is 6.67. The van der Waals surface area contributed by atoms with Gasteiger partial charge in [0.15, 0.2) is 11.5 Å². The van der Waals surface area contributed by atoms with Crippen LogP contribution in [0.3, 0.4) is 0 Å². The van der Waals surface area contributed by atoms with Crippen molar-refractivity contribution in [1.29, 1.82) is 0 Å². The number of ether oxygens (including phenoxy) is 3. The van der Waals surface area contributed by atoms with Gasteiger partial charge in [0.1, 0.15) is 0 Å². The summed E-state index contributed by atoms with van der Waals surface area (Å²) in [6, 6.07) is 1.80. The molecule has 0 heterocycles. The van der Waals surface area contributed by atoms with Crippen molar-refractivity contribution in [3.8, 4) is 17.2 Å². The summed E-state index contributed by atoms with van der Waals surface area (Å²) in [7, 11) is 4.30. The van der Waals surface area contributed by atoms with E-state index in [4.69, 9.17) is 14.2 Å². The van der Waals surface area contributed by atoms with Crippen molar-refractivity contribution in [1.82, 2.24) is 5.32 Å². The van der Waals surface area contributed by atoms with Gasteiger partial charge in [0.25, 0.3) is 5.91 Å². The number of rotatable bonds is 7. The Morgan fingerprint density at radius 1 is 1.05 bits per heavy atom. The van der Waals surface area contributed by atoms with Gasteiger partial charge in [-0.1, -0.05) is 13.8 Å². The minimum absolute atomic E-state index is 0.196. The van der Waals surface area contributed by atoms with E-state index >= 15 is 0 Å². The van der Waals surface area contributed by atoms with E-state index in [0.717, 1.165) is 0 Å². The molecule has 0 saturated heterocycles. The summed E-state index contributed by atoms with van der Waals surface area (Å²) in [5.41, 5.74) is 0.196. The number of nitrogens with one attached hydrogen (secondary N) is 1. The molecule has 0 saturated carbocycles. The molecule has 122 valence electrons. The molecule has 22 heavy (non-hydrogen) atoms. The molecule has 7 nitrogen and oxygen atoms in total. The molecular weight excluding hydrogens is 290 g/mol. The standard InChI is InChI=1S/C15H21NO6/c1-8(2)12(15(18)19)16-14(17)9-6-10(20-3)13(22-5)11(7-9)21-4/h6-8,12H,1-5H3,(H,16,17)(H,18,19)/p-1/t12-/m1/s1. The van der Waals surface area contributed by atoms with Crippen LogP contribution in [0.15, 0.2) is 12.1 Å². The molecule has 0 aliphatic rings. The number of carboxylic acid groups (broad SMARTS) is 1. The number of carbonyl (C=O) groups is 2. The number of carbonyl (C=O) groups excluding carboxylic acids is 2. The van der Waals surface area contributed by atoms with Crippen LogP contribution in [0.25, 0.3) is 0 Å². The van der Waals surface area contributed by atoms with Crippen molar-refractivity contribution >= 4 is 11.9 Å². The lowest BCUT2D eigenvalue weighted by Crippen LogP contribution is -2.50. The zero-order valence-electron chi connectivity index (χ0n) is 13.3. The van der Waals surface area contributed by atoms with Gasteiger partial charge in [-0.2, -0.15) is 0 Å². The van der Waals surface area contributed by atoms with Gasteiger partial charge in [0.05, 0.1) is 33.3 Å². The predicted molar refractivity (Wildman–Crippen MR) is 77.2 cm³/mol. The average Bonchev–Trinajstić information content (AvgIpc) is 2.49. The molecule has 0 unspecified atom stereocenters. The highest BCUT2D eigenvalue weighted by molar-refractivity contribution is 5.97. The van der Waals surface area contributed by atoms with Crippen molar-refractivity contribution in [2.75, 3.05) is 21.3 Å². The second kappa shape index (κ2) is 7.53. The number of hydrogen-bond acceptors (Lipinski definition) is 6. The Morgan fingerprint density at radius 2 is 1.55 bits per heavy atom. The van der Waals surface area contributed by atoms with E-state index in [1.165, 1.54) is 33.5 Å². The van der Waals surface area contributed by atoms with Gasteiger partial charge >= 0.3 is 0 Å². The predicted octanol–water partition coefficient (Wildman–Crippen LogP) is 0.217. The minimum atomic E-state index is -1.34. The highest BCUT2D eigenvalue weighted by Gasteiger charge is 2.21. The number of amides is 1. The molecule has 7 heteroatoms. The average molecular weight is 310 g/mol. The van der Waals surface area contributed by atoms with Crippen LogP contribution in [0, 0.1) is 5.92 Å². The van der Waals surface area contributed by atoms with Gasteiger partial charge in [-0.05, 0) is 18.1 Å². The lowest BCUT2D eigenvalue weighted by Gasteiger charge is -2.23. The Hall–Kier alpha value is -2.44. The Bertz CT molecular complexity index is 530. The Labute approximate surface area is 129 Å². The maximum atomic E-state index is 12.2. The lowest BCUT2D eigenvalue weighted by molar-refractivity contribution is -0.309. The van der Waals surface area contributed by atoms with Gasteiger partial charge in [-0.15, -0.1) is 0 Å². The summed E-state index contributed by atoms with van der Waals surface area (Å²) in [6.07, 6.45) is 0. The summed E-state index contributed by atoms with van der Waals surface area (Å²) in [5, 5.41) is 13.5. The van der Waals surface area contributed by atoms with Crippen LogP contribution in [-0.2, 0) is 4.79 Å². The largest absolute Gasteiger partial charge is 0.548 e. The number of methoxy groups -OCH3 is 3. The van der Waals surface area contributed by atoms with E-state index in [1.54, 1.807) is 13.8 Å². The number of carboxylic acids is 1. The first kappa shape index (κ1) is 17.6. The zero-order chi connectivity index (χ0) is 16.9. The topological polar surface area (TPSA) is 96.9 Å². The van der Waals surface area contributed by atoms with Gasteiger partial charge in [-0.3, -0.25) is 4.79 Å². The van der Waals surface area contributed by atoms with Crippen LogP contribution in [0.5, 0.6) is 17.2 Å². The minimum Gasteiger partial charge on any atom is -0.548 e. The Morgan fingerprint density at radius 3 is 1.86 bits per heavy atom. The van der Waals surface area contributed by atoms with E-state index in [1.807, 2.05) is 0 Å². The molecule has 0 bridgehead atoms. The third-order valence-electron chi connectivity index (χ3n) is 3.13. The third kappa shape index (κ3) is 3.81. The quantitative estimate of drug-likeness (QED) is 0.773. The monoisotopic (exact) mass is 310 g/mol. The van der Waals surface area contributed by atoms with Crippen molar-refractivity contribution in [2.24, 2.45) is 5.92 Å². The summed E-state index contributed by atoms with van der Waals surface area (Å²) in [5.74, 6) is -1.25. The fourth-order valence-electron chi connectivity index (χ4n) is 1.93. The van der Waals surface area contributed by atoms with Crippen LogP contribution >= 0.6 is 0 Å². The molecule has 0 spiro atoms. The molecule has 1 amide bonds. The molecule has 1 rings (SSSR count). The van der Waals surface area contributed by atoms with Crippen molar-refractivity contribution in [3.05, 3.63) is 17.7 Å². The summed E-state index contributed by atoms with van der Waals surface area (Å²) in [4.78, 5) is 23.3. The van der Waals surface area contributed by atoms with Gasteiger partial charge < -0.3 is 29.4 Å². The van der Waals surface area contributed by atoms with E-state index < -0.39 is 17.9 Å². The van der Waals surface area contributed by atoms with Gasteiger partial charge in [-0.25, -0.2) is 0 Å². The molecular formula is C15H20NO6-. The second-order valence-electron chi connectivity index (χ2n) is 4.93. The van der Waals surface area contributed by atoms with Gasteiger partial charge in [0.2, 0.25) is 5.75 Å². The number of benzene rings is 1. The SMILES string of the molecule is COc1cc(C(=O)N[C@@H](C(=O)[O-])C(C)C)cc(OC)c1OC. The summed E-state index contributed by atoms with van der Waals surface area (Å²) in [6.45, 7) is 3.35. The molecule has 1 aromatic rings. The van der Waals surface area contributed by atoms with Crippen molar-refractivity contribution < 1.29 is 28.9 Å².